The molecule has 4 rings (SSSR count). The third kappa shape index (κ3) is 12.6. The van der Waals surface area contributed by atoms with Crippen molar-refractivity contribution in [2.45, 2.75) is 95.3 Å². The number of aromatic nitrogens is 1. The number of aliphatic hydroxyl groups is 1. The molecule has 3 aromatic carbocycles. The number of rotatable bonds is 17. The molecule has 0 radical (unpaired) electrons. The van der Waals surface area contributed by atoms with E-state index in [0.29, 0.717) is 28.8 Å². The first-order valence-corrected chi connectivity index (χ1v) is 22.9. The van der Waals surface area contributed by atoms with Crippen LogP contribution in [0.4, 0.5) is 0 Å². The number of esters is 1. The number of hydrogen-bond acceptors (Lipinski definition) is 5. The van der Waals surface area contributed by atoms with E-state index in [0.717, 1.165) is 59.5 Å². The van der Waals surface area contributed by atoms with Crippen molar-refractivity contribution in [3.8, 4) is 0 Å². The number of carbonyl (C=O) groups excluding carboxylic acids is 1. The van der Waals surface area contributed by atoms with Crippen LogP contribution in [-0.4, -0.2) is 42.1 Å². The second kappa shape index (κ2) is 18.0. The average Bonchev–Trinajstić information content (AvgIpc) is 3.03. The molecule has 8 heteroatoms. The highest BCUT2D eigenvalue weighted by Gasteiger charge is 2.25. The minimum Gasteiger partial charge on any atom is -0.466 e. The summed E-state index contributed by atoms with van der Waals surface area (Å²) in [6.45, 7) is 13.2. The zero-order valence-corrected chi connectivity index (χ0v) is 33.1. The van der Waals surface area contributed by atoms with Gasteiger partial charge in [0.1, 0.15) is 0 Å². The van der Waals surface area contributed by atoms with Gasteiger partial charge in [0.25, 0.3) is 0 Å². The van der Waals surface area contributed by atoms with Crippen molar-refractivity contribution in [2.24, 2.45) is 0 Å². The van der Waals surface area contributed by atoms with Crippen LogP contribution in [0.15, 0.2) is 72.8 Å². The standard InChI is InChI=1S/C41H51Cl2NO3SSi/c1-7-34(40(45)47-23-25-49(4,5)6)35-15-9-8-13-30(35)18-21-39(48-24-11-22-41(2,3)46)32-14-10-12-29(26-32)16-20-37-36(43)27-31-17-19-33(42)28-38(31)44-37/h8-10,12-17,19-20,26-28,34,39,46H,7,11,18,21-25H2,1-6H3/t34-,39+/m1/s1. The van der Waals surface area contributed by atoms with Gasteiger partial charge >= 0.3 is 5.97 Å². The molecule has 4 nitrogen and oxygen atoms in total. The number of ether oxygens (including phenoxy) is 1. The monoisotopic (exact) mass is 735 g/mol. The topological polar surface area (TPSA) is 59.4 Å². The molecule has 2 atom stereocenters. The summed E-state index contributed by atoms with van der Waals surface area (Å²) in [4.78, 5) is 18.0. The zero-order valence-electron chi connectivity index (χ0n) is 29.8. The molecule has 1 aromatic heterocycles. The van der Waals surface area contributed by atoms with Crippen molar-refractivity contribution in [3.05, 3.63) is 111 Å². The number of pyridine rings is 1. The molecule has 0 spiro atoms. The first-order valence-electron chi connectivity index (χ1n) is 17.3. The van der Waals surface area contributed by atoms with Crippen molar-refractivity contribution in [1.29, 1.82) is 0 Å². The van der Waals surface area contributed by atoms with E-state index in [1.807, 2.05) is 62.0 Å². The van der Waals surface area contributed by atoms with Crippen LogP contribution in [-0.2, 0) is 16.0 Å². The van der Waals surface area contributed by atoms with Gasteiger partial charge in [0.05, 0.1) is 34.4 Å². The van der Waals surface area contributed by atoms with E-state index < -0.39 is 13.7 Å². The molecular weight excluding hydrogens is 686 g/mol. The molecule has 0 unspecified atom stereocenters. The van der Waals surface area contributed by atoms with Crippen LogP contribution in [0.1, 0.15) is 85.6 Å². The van der Waals surface area contributed by atoms with Crippen LogP contribution in [0, 0.1) is 0 Å². The van der Waals surface area contributed by atoms with Crippen molar-refractivity contribution < 1.29 is 14.6 Å². The summed E-state index contributed by atoms with van der Waals surface area (Å²) in [5.41, 5.74) is 5.41. The van der Waals surface area contributed by atoms with Gasteiger partial charge in [-0.15, -0.1) is 0 Å². The van der Waals surface area contributed by atoms with E-state index >= 15 is 0 Å². The maximum atomic E-state index is 13.3. The summed E-state index contributed by atoms with van der Waals surface area (Å²) in [5, 5.41) is 12.7. The highest BCUT2D eigenvalue weighted by Crippen LogP contribution is 2.37. The zero-order chi connectivity index (χ0) is 35.6. The molecule has 0 bridgehead atoms. The fourth-order valence-electron chi connectivity index (χ4n) is 5.82. The van der Waals surface area contributed by atoms with Crippen LogP contribution in [0.3, 0.4) is 0 Å². The van der Waals surface area contributed by atoms with E-state index in [4.69, 9.17) is 32.9 Å². The summed E-state index contributed by atoms with van der Waals surface area (Å²) in [7, 11) is -1.29. The normalized spacial score (nSPS) is 13.6. The number of thioether (sulfide) groups is 1. The lowest BCUT2D eigenvalue weighted by molar-refractivity contribution is -0.145. The van der Waals surface area contributed by atoms with E-state index in [9.17, 15) is 9.90 Å². The van der Waals surface area contributed by atoms with Crippen LogP contribution in [0.25, 0.3) is 23.1 Å². The van der Waals surface area contributed by atoms with Gasteiger partial charge in [-0.05, 0) is 104 Å². The maximum Gasteiger partial charge on any atom is 0.313 e. The lowest BCUT2D eigenvalue weighted by atomic mass is 9.89. The molecule has 0 saturated carbocycles. The Morgan fingerprint density at radius 2 is 1.80 bits per heavy atom. The predicted molar refractivity (Wildman–Crippen MR) is 215 cm³/mol. The minimum absolute atomic E-state index is 0.116. The third-order valence-corrected chi connectivity index (χ3v) is 12.3. The second-order valence-electron chi connectivity index (χ2n) is 14.6. The summed E-state index contributed by atoms with van der Waals surface area (Å²) in [6, 6.07) is 25.5. The van der Waals surface area contributed by atoms with Crippen molar-refractivity contribution in [3.63, 3.8) is 0 Å². The first-order chi connectivity index (χ1) is 23.2. The van der Waals surface area contributed by atoms with E-state index in [2.05, 4.69) is 75.1 Å². The summed E-state index contributed by atoms with van der Waals surface area (Å²) in [5.74, 6) is 0.557. The van der Waals surface area contributed by atoms with Crippen molar-refractivity contribution in [2.75, 3.05) is 12.4 Å². The Kier molecular flexibility index (Phi) is 14.4. The number of benzene rings is 3. The van der Waals surface area contributed by atoms with Gasteiger partial charge in [0, 0.05) is 23.7 Å². The molecule has 49 heavy (non-hydrogen) atoms. The fraction of sp³-hybridized carbons (Fsp3) is 0.415. The van der Waals surface area contributed by atoms with Crippen LogP contribution in [0.2, 0.25) is 35.7 Å². The molecule has 0 fully saturated rings. The van der Waals surface area contributed by atoms with E-state index in [1.54, 1.807) is 0 Å². The number of carbonyl (C=O) groups is 1. The highest BCUT2D eigenvalue weighted by atomic mass is 35.5. The molecular formula is C41H51Cl2NO3SSi. The number of fused-ring (bicyclic) bond motifs is 1. The number of nitrogens with zero attached hydrogens (tertiary/aromatic N) is 1. The molecule has 0 aliphatic carbocycles. The van der Waals surface area contributed by atoms with Gasteiger partial charge in [-0.1, -0.05) is 110 Å². The molecule has 0 saturated heterocycles. The SMILES string of the molecule is CC[C@@H](C(=O)OCC[Si](C)(C)C)c1ccccc1CC[C@H](SCCCC(C)(C)O)c1cccc(C=Cc2nc3cc(Cl)ccc3cc2Cl)c1. The van der Waals surface area contributed by atoms with Crippen molar-refractivity contribution >= 4 is 72.1 Å². The Bertz CT molecular complexity index is 1730. The van der Waals surface area contributed by atoms with Crippen LogP contribution >= 0.6 is 35.0 Å². The van der Waals surface area contributed by atoms with Gasteiger partial charge < -0.3 is 9.84 Å². The Morgan fingerprint density at radius 3 is 2.53 bits per heavy atom. The lowest BCUT2D eigenvalue weighted by Gasteiger charge is -2.22. The number of aryl methyl sites for hydroxylation is 1. The van der Waals surface area contributed by atoms with E-state index in [1.165, 1.54) is 11.1 Å². The molecule has 262 valence electrons. The Morgan fingerprint density at radius 1 is 1.02 bits per heavy atom. The summed E-state index contributed by atoms with van der Waals surface area (Å²) in [6.07, 6.45) is 8.15. The molecule has 1 N–H and O–H groups in total. The summed E-state index contributed by atoms with van der Waals surface area (Å²) >= 11 is 14.8. The van der Waals surface area contributed by atoms with Gasteiger partial charge in [-0.2, -0.15) is 11.8 Å². The second-order valence-corrected chi connectivity index (χ2v) is 22.4. The quantitative estimate of drug-likeness (QED) is 0.0664. The fourth-order valence-corrected chi connectivity index (χ4v) is 8.14. The Labute approximate surface area is 308 Å². The third-order valence-electron chi connectivity index (χ3n) is 8.62. The average molecular weight is 737 g/mol. The highest BCUT2D eigenvalue weighted by molar-refractivity contribution is 7.99. The number of halogens is 2. The molecule has 4 aromatic rings. The Balaban J connectivity index is 1.54. The van der Waals surface area contributed by atoms with Crippen LogP contribution < -0.4 is 0 Å². The van der Waals surface area contributed by atoms with Gasteiger partial charge in [0.2, 0.25) is 0 Å². The molecule has 1 heterocycles. The number of hydrogen-bond donors (Lipinski definition) is 1. The van der Waals surface area contributed by atoms with Gasteiger partial charge in [-0.25, -0.2) is 4.98 Å². The van der Waals surface area contributed by atoms with Gasteiger partial charge in [-0.3, -0.25) is 4.79 Å². The first kappa shape index (κ1) is 39.2. The van der Waals surface area contributed by atoms with Crippen LogP contribution in [0.5, 0.6) is 0 Å². The van der Waals surface area contributed by atoms with E-state index in [-0.39, 0.29) is 17.1 Å². The largest absolute Gasteiger partial charge is 0.466 e. The Hall–Kier alpha value is -2.61. The molecule has 0 aliphatic rings. The molecule has 0 aliphatic heterocycles. The molecule has 0 amide bonds. The lowest BCUT2D eigenvalue weighted by Crippen LogP contribution is -2.24. The predicted octanol–water partition coefficient (Wildman–Crippen LogP) is 12.0. The minimum atomic E-state index is -1.29. The maximum absolute atomic E-state index is 13.3. The van der Waals surface area contributed by atoms with Crippen molar-refractivity contribution in [1.82, 2.24) is 4.98 Å². The summed E-state index contributed by atoms with van der Waals surface area (Å²) < 4.78 is 5.82. The smallest absolute Gasteiger partial charge is 0.313 e. The van der Waals surface area contributed by atoms with Gasteiger partial charge in [0.15, 0.2) is 0 Å².